The molecule has 116 valence electrons. The fourth-order valence-corrected chi connectivity index (χ4v) is 5.20. The number of sulfonamides is 1. The van der Waals surface area contributed by atoms with Gasteiger partial charge in [-0.25, -0.2) is 8.42 Å². The maximum absolute atomic E-state index is 12.7. The van der Waals surface area contributed by atoms with E-state index in [4.69, 9.17) is 18.0 Å². The first-order valence-electron chi connectivity index (χ1n) is 7.21. The van der Waals surface area contributed by atoms with Crippen LogP contribution >= 0.6 is 12.2 Å². The zero-order chi connectivity index (χ0) is 15.6. The fraction of sp³-hybridized carbons (Fsp3) is 0.533. The minimum Gasteiger partial charge on any atom is -0.389 e. The van der Waals surface area contributed by atoms with Gasteiger partial charge in [-0.3, -0.25) is 0 Å². The van der Waals surface area contributed by atoms with Crippen molar-refractivity contribution in [2.75, 3.05) is 0 Å². The van der Waals surface area contributed by atoms with Crippen LogP contribution in [0.25, 0.3) is 0 Å². The largest absolute Gasteiger partial charge is 0.389 e. The summed E-state index contributed by atoms with van der Waals surface area (Å²) in [6.45, 7) is 3.98. The Bertz CT molecular complexity index is 601. The molecule has 2 N–H and O–H groups in total. The Hall–Kier alpha value is -0.980. The van der Waals surface area contributed by atoms with Gasteiger partial charge in [0.05, 0.1) is 5.75 Å². The van der Waals surface area contributed by atoms with Crippen LogP contribution in [0.4, 0.5) is 0 Å². The topological polar surface area (TPSA) is 63.4 Å². The third kappa shape index (κ3) is 3.81. The van der Waals surface area contributed by atoms with Crippen molar-refractivity contribution in [2.24, 2.45) is 5.73 Å². The van der Waals surface area contributed by atoms with Crippen LogP contribution in [-0.4, -0.2) is 29.8 Å². The van der Waals surface area contributed by atoms with Gasteiger partial charge in [0, 0.05) is 17.6 Å². The predicted octanol–water partition coefficient (Wildman–Crippen LogP) is 2.41. The number of rotatable bonds is 4. The van der Waals surface area contributed by atoms with Crippen molar-refractivity contribution in [3.8, 4) is 0 Å². The molecule has 0 aliphatic carbocycles. The molecule has 0 amide bonds. The zero-order valence-corrected chi connectivity index (χ0v) is 14.1. The van der Waals surface area contributed by atoms with Crippen molar-refractivity contribution in [2.45, 2.75) is 50.9 Å². The van der Waals surface area contributed by atoms with E-state index in [2.05, 4.69) is 0 Å². The van der Waals surface area contributed by atoms with Gasteiger partial charge in [-0.05, 0) is 32.3 Å². The van der Waals surface area contributed by atoms with Crippen LogP contribution in [0.2, 0.25) is 0 Å². The van der Waals surface area contributed by atoms with Gasteiger partial charge < -0.3 is 5.73 Å². The molecular formula is C15H22N2O2S2. The number of hydrogen-bond acceptors (Lipinski definition) is 3. The molecule has 1 saturated heterocycles. The molecule has 2 unspecified atom stereocenters. The van der Waals surface area contributed by atoms with E-state index in [1.165, 1.54) is 0 Å². The number of nitrogens with two attached hydrogens (primary N) is 1. The van der Waals surface area contributed by atoms with E-state index < -0.39 is 10.0 Å². The number of thiocarbonyl (C=S) groups is 1. The summed E-state index contributed by atoms with van der Waals surface area (Å²) >= 11 is 4.90. The van der Waals surface area contributed by atoms with E-state index in [1.807, 2.05) is 13.8 Å². The van der Waals surface area contributed by atoms with Gasteiger partial charge in [0.25, 0.3) is 0 Å². The molecule has 0 aromatic heterocycles. The molecule has 1 heterocycles. The van der Waals surface area contributed by atoms with Crippen molar-refractivity contribution in [1.29, 1.82) is 0 Å². The molecule has 1 aromatic carbocycles. The second kappa shape index (κ2) is 6.42. The average Bonchev–Trinajstić information content (AvgIpc) is 2.38. The van der Waals surface area contributed by atoms with E-state index in [-0.39, 0.29) is 17.8 Å². The second-order valence-electron chi connectivity index (χ2n) is 5.78. The van der Waals surface area contributed by atoms with Crippen LogP contribution in [-0.2, 0) is 15.8 Å². The quantitative estimate of drug-likeness (QED) is 0.863. The number of benzene rings is 1. The highest BCUT2D eigenvalue weighted by Crippen LogP contribution is 2.27. The average molecular weight is 326 g/mol. The minimum absolute atomic E-state index is 0.0271. The molecule has 1 aromatic rings. The van der Waals surface area contributed by atoms with E-state index in [1.54, 1.807) is 28.6 Å². The highest BCUT2D eigenvalue weighted by Gasteiger charge is 2.34. The minimum atomic E-state index is -3.30. The molecule has 6 heteroatoms. The first kappa shape index (κ1) is 16.4. The highest BCUT2D eigenvalue weighted by atomic mass is 32.2. The molecule has 1 aliphatic heterocycles. The Morgan fingerprint density at radius 1 is 1.24 bits per heavy atom. The monoisotopic (exact) mass is 326 g/mol. The van der Waals surface area contributed by atoms with Gasteiger partial charge in [-0.1, -0.05) is 42.9 Å². The Morgan fingerprint density at radius 2 is 1.76 bits per heavy atom. The SMILES string of the molecule is CC1CCCC(C)N1S(=O)(=O)Cc1ccc(C(N)=S)cc1. The first-order valence-corrected chi connectivity index (χ1v) is 9.23. The maximum Gasteiger partial charge on any atom is 0.218 e. The molecule has 0 saturated carbocycles. The van der Waals surface area contributed by atoms with Crippen LogP contribution in [0, 0.1) is 0 Å². The van der Waals surface area contributed by atoms with Crippen molar-refractivity contribution in [3.63, 3.8) is 0 Å². The molecule has 2 atom stereocenters. The van der Waals surface area contributed by atoms with E-state index in [9.17, 15) is 8.42 Å². The normalized spacial score (nSPS) is 23.9. The van der Waals surface area contributed by atoms with E-state index in [0.29, 0.717) is 4.99 Å². The summed E-state index contributed by atoms with van der Waals surface area (Å²) in [5.41, 5.74) is 7.07. The highest BCUT2D eigenvalue weighted by molar-refractivity contribution is 7.88. The predicted molar refractivity (Wildman–Crippen MR) is 89.6 cm³/mol. The zero-order valence-electron chi connectivity index (χ0n) is 12.5. The summed E-state index contributed by atoms with van der Waals surface area (Å²) in [5.74, 6) is 0.0271. The molecule has 0 bridgehead atoms. The van der Waals surface area contributed by atoms with Crippen molar-refractivity contribution in [3.05, 3.63) is 35.4 Å². The lowest BCUT2D eigenvalue weighted by Gasteiger charge is -2.37. The lowest BCUT2D eigenvalue weighted by atomic mass is 10.0. The summed E-state index contributed by atoms with van der Waals surface area (Å²) in [6, 6.07) is 7.27. The summed E-state index contributed by atoms with van der Waals surface area (Å²) in [5, 5.41) is 0. The van der Waals surface area contributed by atoms with E-state index in [0.717, 1.165) is 30.4 Å². The fourth-order valence-electron chi connectivity index (χ4n) is 3.00. The number of piperidine rings is 1. The van der Waals surface area contributed by atoms with Gasteiger partial charge in [0.15, 0.2) is 0 Å². The first-order chi connectivity index (χ1) is 9.81. The van der Waals surface area contributed by atoms with Crippen molar-refractivity contribution >= 4 is 27.2 Å². The van der Waals surface area contributed by atoms with Gasteiger partial charge in [-0.15, -0.1) is 0 Å². The molecule has 4 nitrogen and oxygen atoms in total. The van der Waals surface area contributed by atoms with Crippen molar-refractivity contribution in [1.82, 2.24) is 4.31 Å². The van der Waals surface area contributed by atoms with Gasteiger partial charge in [-0.2, -0.15) is 4.31 Å². The number of hydrogen-bond donors (Lipinski definition) is 1. The third-order valence-electron chi connectivity index (χ3n) is 4.02. The molecule has 2 rings (SSSR count). The summed E-state index contributed by atoms with van der Waals surface area (Å²) in [7, 11) is -3.30. The molecule has 1 aliphatic rings. The van der Waals surface area contributed by atoms with Crippen LogP contribution in [0.3, 0.4) is 0 Å². The Labute approximate surface area is 132 Å². The Morgan fingerprint density at radius 3 is 2.24 bits per heavy atom. The molecule has 21 heavy (non-hydrogen) atoms. The van der Waals surface area contributed by atoms with Gasteiger partial charge >= 0.3 is 0 Å². The molecule has 1 fully saturated rings. The van der Waals surface area contributed by atoms with Crippen molar-refractivity contribution < 1.29 is 8.42 Å². The lowest BCUT2D eigenvalue weighted by Crippen LogP contribution is -2.47. The second-order valence-corrected chi connectivity index (χ2v) is 8.09. The smallest absolute Gasteiger partial charge is 0.218 e. The Kier molecular flexibility index (Phi) is 5.01. The van der Waals surface area contributed by atoms with Crippen LogP contribution in [0.1, 0.15) is 44.2 Å². The number of nitrogens with zero attached hydrogens (tertiary/aromatic N) is 1. The van der Waals surface area contributed by atoms with Crippen LogP contribution < -0.4 is 5.73 Å². The van der Waals surface area contributed by atoms with Gasteiger partial charge in [0.2, 0.25) is 10.0 Å². The summed E-state index contributed by atoms with van der Waals surface area (Å²) in [6.07, 6.45) is 2.96. The summed E-state index contributed by atoms with van der Waals surface area (Å²) in [4.78, 5) is 0.322. The summed E-state index contributed by atoms with van der Waals surface area (Å²) < 4.78 is 27.0. The Balaban J connectivity index is 2.18. The lowest BCUT2D eigenvalue weighted by molar-refractivity contribution is 0.204. The molecule has 0 radical (unpaired) electrons. The van der Waals surface area contributed by atoms with Crippen LogP contribution in [0.15, 0.2) is 24.3 Å². The molecule has 0 spiro atoms. The third-order valence-corrected chi connectivity index (χ3v) is 6.32. The molecular weight excluding hydrogens is 304 g/mol. The van der Waals surface area contributed by atoms with Gasteiger partial charge in [0.1, 0.15) is 4.99 Å². The van der Waals surface area contributed by atoms with Crippen LogP contribution in [0.5, 0.6) is 0 Å². The van der Waals surface area contributed by atoms with E-state index >= 15 is 0 Å². The standard InChI is InChI=1S/C15H22N2O2S2/c1-11-4-3-5-12(2)17(11)21(18,19)10-13-6-8-14(9-7-13)15(16)20/h6-9,11-12H,3-5,10H2,1-2H3,(H2,16,20). The maximum atomic E-state index is 12.7.